The van der Waals surface area contributed by atoms with Crippen molar-refractivity contribution in [3.8, 4) is 0 Å². The lowest BCUT2D eigenvalue weighted by molar-refractivity contribution is -0.121. The van der Waals surface area contributed by atoms with Gasteiger partial charge in [0.05, 0.1) is 0 Å². The predicted molar refractivity (Wildman–Crippen MR) is 95.9 cm³/mol. The number of benzene rings is 1. The maximum atomic E-state index is 11.9. The zero-order valence-corrected chi connectivity index (χ0v) is 14.5. The molecule has 0 aliphatic carbocycles. The number of anilines is 1. The van der Waals surface area contributed by atoms with Gasteiger partial charge in [-0.15, -0.1) is 0 Å². The van der Waals surface area contributed by atoms with Crippen molar-refractivity contribution in [3.63, 3.8) is 0 Å². The SMILES string of the molecule is CN(C)CCCNC(=O)CCN1CCN(c2ccccc2)CC1. The van der Waals surface area contributed by atoms with Gasteiger partial charge >= 0.3 is 0 Å². The van der Waals surface area contributed by atoms with Crippen LogP contribution in [0.25, 0.3) is 0 Å². The molecule has 5 nitrogen and oxygen atoms in total. The highest BCUT2D eigenvalue weighted by atomic mass is 16.1. The van der Waals surface area contributed by atoms with E-state index in [1.54, 1.807) is 0 Å². The maximum absolute atomic E-state index is 11.9. The Bertz CT molecular complexity index is 455. The molecule has 0 atom stereocenters. The minimum Gasteiger partial charge on any atom is -0.369 e. The number of nitrogens with zero attached hydrogens (tertiary/aromatic N) is 3. The molecule has 1 aliphatic heterocycles. The third-order valence-electron chi connectivity index (χ3n) is 4.25. The second-order valence-electron chi connectivity index (χ2n) is 6.42. The summed E-state index contributed by atoms with van der Waals surface area (Å²) in [6.45, 7) is 6.79. The number of rotatable bonds is 8. The van der Waals surface area contributed by atoms with Crippen molar-refractivity contribution in [2.45, 2.75) is 12.8 Å². The zero-order valence-electron chi connectivity index (χ0n) is 14.5. The summed E-state index contributed by atoms with van der Waals surface area (Å²) in [6, 6.07) is 10.6. The Balaban J connectivity index is 1.58. The Morgan fingerprint density at radius 2 is 1.83 bits per heavy atom. The van der Waals surface area contributed by atoms with Gasteiger partial charge in [-0.2, -0.15) is 0 Å². The first-order valence-corrected chi connectivity index (χ1v) is 8.59. The summed E-state index contributed by atoms with van der Waals surface area (Å²) in [7, 11) is 4.10. The van der Waals surface area contributed by atoms with Crippen molar-refractivity contribution < 1.29 is 4.79 Å². The molecular weight excluding hydrogens is 288 g/mol. The number of hydrogen-bond acceptors (Lipinski definition) is 4. The molecule has 0 radical (unpaired) electrons. The Labute approximate surface area is 140 Å². The normalized spacial score (nSPS) is 15.9. The summed E-state index contributed by atoms with van der Waals surface area (Å²) in [4.78, 5) is 18.8. The third-order valence-corrected chi connectivity index (χ3v) is 4.25. The highest BCUT2D eigenvalue weighted by Crippen LogP contribution is 2.15. The molecule has 128 valence electrons. The van der Waals surface area contributed by atoms with E-state index < -0.39 is 0 Å². The highest BCUT2D eigenvalue weighted by molar-refractivity contribution is 5.76. The number of para-hydroxylation sites is 1. The molecule has 1 aromatic rings. The molecule has 1 N–H and O–H groups in total. The van der Waals surface area contributed by atoms with Gasteiger partial charge in [0.15, 0.2) is 0 Å². The van der Waals surface area contributed by atoms with Crippen molar-refractivity contribution in [2.24, 2.45) is 0 Å². The molecule has 1 heterocycles. The first-order valence-electron chi connectivity index (χ1n) is 8.59. The minimum absolute atomic E-state index is 0.175. The predicted octanol–water partition coefficient (Wildman–Crippen LogP) is 1.27. The van der Waals surface area contributed by atoms with Crippen LogP contribution in [0.3, 0.4) is 0 Å². The van der Waals surface area contributed by atoms with Gasteiger partial charge in [-0.1, -0.05) is 18.2 Å². The fourth-order valence-electron chi connectivity index (χ4n) is 2.84. The van der Waals surface area contributed by atoms with E-state index in [-0.39, 0.29) is 5.91 Å². The van der Waals surface area contributed by atoms with Gasteiger partial charge in [0.25, 0.3) is 0 Å². The van der Waals surface area contributed by atoms with Gasteiger partial charge in [0.2, 0.25) is 5.91 Å². The maximum Gasteiger partial charge on any atom is 0.221 e. The first kappa shape index (κ1) is 17.8. The molecule has 1 fully saturated rings. The largest absolute Gasteiger partial charge is 0.369 e. The smallest absolute Gasteiger partial charge is 0.221 e. The molecule has 1 aliphatic rings. The van der Waals surface area contributed by atoms with Crippen LogP contribution in [-0.2, 0) is 4.79 Å². The average Bonchev–Trinajstić information content (AvgIpc) is 2.58. The lowest BCUT2D eigenvalue weighted by Crippen LogP contribution is -2.47. The Morgan fingerprint density at radius 1 is 1.13 bits per heavy atom. The van der Waals surface area contributed by atoms with E-state index in [1.165, 1.54) is 5.69 Å². The third kappa shape index (κ3) is 6.59. The van der Waals surface area contributed by atoms with Gasteiger partial charge in [-0.05, 0) is 39.2 Å². The minimum atomic E-state index is 0.175. The van der Waals surface area contributed by atoms with E-state index in [0.717, 1.165) is 52.2 Å². The van der Waals surface area contributed by atoms with Crippen molar-refractivity contribution in [3.05, 3.63) is 30.3 Å². The molecule has 0 saturated carbocycles. The van der Waals surface area contributed by atoms with Crippen LogP contribution in [0.1, 0.15) is 12.8 Å². The number of hydrogen-bond donors (Lipinski definition) is 1. The van der Waals surface area contributed by atoms with Crippen molar-refractivity contribution in [1.29, 1.82) is 0 Å². The molecular formula is C18H30N4O. The molecule has 0 bridgehead atoms. The van der Waals surface area contributed by atoms with Crippen LogP contribution in [0.15, 0.2) is 30.3 Å². The molecule has 5 heteroatoms. The van der Waals surface area contributed by atoms with E-state index in [1.807, 2.05) is 0 Å². The summed E-state index contributed by atoms with van der Waals surface area (Å²) >= 11 is 0. The van der Waals surface area contributed by atoms with Crippen LogP contribution < -0.4 is 10.2 Å². The van der Waals surface area contributed by atoms with Gasteiger partial charge < -0.3 is 15.1 Å². The van der Waals surface area contributed by atoms with E-state index in [4.69, 9.17) is 0 Å². The lowest BCUT2D eigenvalue weighted by atomic mass is 10.2. The highest BCUT2D eigenvalue weighted by Gasteiger charge is 2.17. The van der Waals surface area contributed by atoms with Crippen LogP contribution in [-0.4, -0.2) is 75.6 Å². The molecule has 0 spiro atoms. The molecule has 0 unspecified atom stereocenters. The fraction of sp³-hybridized carbons (Fsp3) is 0.611. The summed E-state index contributed by atoms with van der Waals surface area (Å²) in [6.07, 6.45) is 1.61. The van der Waals surface area contributed by atoms with Crippen molar-refractivity contribution in [1.82, 2.24) is 15.1 Å². The molecule has 1 amide bonds. The number of piperazine rings is 1. The summed E-state index contributed by atoms with van der Waals surface area (Å²) < 4.78 is 0. The van der Waals surface area contributed by atoms with Gasteiger partial charge in [-0.25, -0.2) is 0 Å². The van der Waals surface area contributed by atoms with Gasteiger partial charge in [0, 0.05) is 51.4 Å². The standard InChI is InChI=1S/C18H30N4O/c1-20(2)11-6-10-19-18(23)9-12-21-13-15-22(16-14-21)17-7-4-3-5-8-17/h3-5,7-8H,6,9-16H2,1-2H3,(H,19,23). The average molecular weight is 318 g/mol. The van der Waals surface area contributed by atoms with Crippen LogP contribution in [0.2, 0.25) is 0 Å². The number of nitrogens with one attached hydrogen (secondary N) is 1. The summed E-state index contributed by atoms with van der Waals surface area (Å²) in [5, 5.41) is 3.01. The van der Waals surface area contributed by atoms with E-state index >= 15 is 0 Å². The quantitative estimate of drug-likeness (QED) is 0.733. The van der Waals surface area contributed by atoms with E-state index in [9.17, 15) is 4.79 Å². The lowest BCUT2D eigenvalue weighted by Gasteiger charge is -2.36. The molecule has 0 aromatic heterocycles. The Hall–Kier alpha value is -1.59. The molecule has 23 heavy (non-hydrogen) atoms. The number of amides is 1. The molecule has 1 saturated heterocycles. The van der Waals surface area contributed by atoms with Crippen LogP contribution in [0.5, 0.6) is 0 Å². The Morgan fingerprint density at radius 3 is 2.48 bits per heavy atom. The summed E-state index contributed by atoms with van der Waals surface area (Å²) in [5.41, 5.74) is 1.30. The summed E-state index contributed by atoms with van der Waals surface area (Å²) in [5.74, 6) is 0.175. The van der Waals surface area contributed by atoms with Crippen molar-refractivity contribution >= 4 is 11.6 Å². The molecule has 2 rings (SSSR count). The van der Waals surface area contributed by atoms with Crippen LogP contribution in [0, 0.1) is 0 Å². The number of carbonyl (C=O) groups is 1. The number of carbonyl (C=O) groups excluding carboxylic acids is 1. The zero-order chi connectivity index (χ0) is 16.5. The Kier molecular flexibility index (Phi) is 7.36. The topological polar surface area (TPSA) is 38.8 Å². The molecule has 1 aromatic carbocycles. The van der Waals surface area contributed by atoms with Gasteiger partial charge in [0.1, 0.15) is 0 Å². The van der Waals surface area contributed by atoms with Gasteiger partial charge in [-0.3, -0.25) is 9.69 Å². The first-order chi connectivity index (χ1) is 11.1. The monoisotopic (exact) mass is 318 g/mol. The van der Waals surface area contributed by atoms with Crippen LogP contribution >= 0.6 is 0 Å². The van der Waals surface area contributed by atoms with E-state index in [0.29, 0.717) is 6.42 Å². The second-order valence-corrected chi connectivity index (χ2v) is 6.42. The second kappa shape index (κ2) is 9.53. The van der Waals surface area contributed by atoms with Crippen molar-refractivity contribution in [2.75, 3.05) is 64.8 Å². The van der Waals surface area contributed by atoms with Crippen LogP contribution in [0.4, 0.5) is 5.69 Å². The van der Waals surface area contributed by atoms with E-state index in [2.05, 4.69) is 64.4 Å². The fourth-order valence-corrected chi connectivity index (χ4v) is 2.84.